The van der Waals surface area contributed by atoms with Gasteiger partial charge in [-0.2, -0.15) is 0 Å². The lowest BCUT2D eigenvalue weighted by Crippen LogP contribution is -2.50. The number of alkyl halides is 1. The van der Waals surface area contributed by atoms with Crippen molar-refractivity contribution in [1.82, 2.24) is 4.90 Å². The van der Waals surface area contributed by atoms with Crippen LogP contribution in [-0.2, 0) is 16.1 Å². The summed E-state index contributed by atoms with van der Waals surface area (Å²) in [4.78, 5) is 25.4. The molecule has 2 aromatic carbocycles. The van der Waals surface area contributed by atoms with Crippen molar-refractivity contribution in [3.63, 3.8) is 0 Å². The summed E-state index contributed by atoms with van der Waals surface area (Å²) >= 11 is 0. The minimum atomic E-state index is -1.36. The van der Waals surface area contributed by atoms with Crippen LogP contribution in [-0.4, -0.2) is 53.8 Å². The van der Waals surface area contributed by atoms with Gasteiger partial charge in [0.2, 0.25) is 11.8 Å². The summed E-state index contributed by atoms with van der Waals surface area (Å²) in [6.45, 7) is 4.01. The van der Waals surface area contributed by atoms with Gasteiger partial charge in [-0.1, -0.05) is 32.0 Å². The lowest BCUT2D eigenvalue weighted by molar-refractivity contribution is -0.138. The highest BCUT2D eigenvalue weighted by atomic mass is 19.1. The van der Waals surface area contributed by atoms with Crippen LogP contribution in [0, 0.1) is 11.3 Å². The van der Waals surface area contributed by atoms with Gasteiger partial charge in [-0.25, -0.2) is 4.39 Å². The number of aliphatic hydroxyl groups is 1. The number of rotatable bonds is 7. The molecule has 4 rings (SSSR count). The predicted octanol–water partition coefficient (Wildman–Crippen LogP) is 3.11. The Hall–Kier alpha value is -2.97. The first-order valence-electron chi connectivity index (χ1n) is 11.7. The molecule has 34 heavy (non-hydrogen) atoms. The molecule has 4 N–H and O–H groups in total. The molecule has 0 spiro atoms. The van der Waals surface area contributed by atoms with Gasteiger partial charge in [-0.3, -0.25) is 9.59 Å². The van der Waals surface area contributed by atoms with Crippen molar-refractivity contribution in [2.24, 2.45) is 17.1 Å². The number of nitrogens with two attached hydrogens (primary N) is 1. The molecular weight excluding hydrogens is 437 g/mol. The highest BCUT2D eigenvalue weighted by Crippen LogP contribution is 2.52. The Morgan fingerprint density at radius 3 is 2.62 bits per heavy atom. The normalized spacial score (nSPS) is 23.3. The van der Waals surface area contributed by atoms with Crippen molar-refractivity contribution in [2.45, 2.75) is 45.5 Å². The van der Waals surface area contributed by atoms with Crippen LogP contribution >= 0.6 is 0 Å². The number of hydrogen-bond acceptors (Lipinski definition) is 5. The number of piperidine rings is 1. The SMILES string of the molecule is CC1(C)C[C@@H]1C(=O)Nc1cccc(-c2ccc(O[C@H]3CCN(C(=O)CO)C[C@H]3F)c(CN)c2)c1. The van der Waals surface area contributed by atoms with Crippen LogP contribution in [0.5, 0.6) is 5.75 Å². The summed E-state index contributed by atoms with van der Waals surface area (Å²) in [7, 11) is 0. The van der Waals surface area contributed by atoms with Crippen LogP contribution in [0.3, 0.4) is 0 Å². The van der Waals surface area contributed by atoms with Gasteiger partial charge in [-0.05, 0) is 47.2 Å². The van der Waals surface area contributed by atoms with E-state index in [4.69, 9.17) is 15.6 Å². The topological polar surface area (TPSA) is 105 Å². The molecule has 0 aromatic heterocycles. The summed E-state index contributed by atoms with van der Waals surface area (Å²) in [6.07, 6.45) is -0.815. The van der Waals surface area contributed by atoms with Crippen molar-refractivity contribution in [2.75, 3.05) is 25.0 Å². The molecule has 8 heteroatoms. The number of carbonyl (C=O) groups is 2. The van der Waals surface area contributed by atoms with Crippen LogP contribution in [0.1, 0.15) is 32.3 Å². The lowest BCUT2D eigenvalue weighted by Gasteiger charge is -2.34. The third-order valence-electron chi connectivity index (χ3n) is 6.82. The molecule has 2 amide bonds. The number of aliphatic hydroxyl groups excluding tert-OH is 1. The number of halogens is 1. The molecule has 182 valence electrons. The highest BCUT2D eigenvalue weighted by Gasteiger charge is 2.50. The van der Waals surface area contributed by atoms with Gasteiger partial charge in [-0.15, -0.1) is 0 Å². The second-order valence-electron chi connectivity index (χ2n) is 9.80. The monoisotopic (exact) mass is 469 g/mol. The second-order valence-corrected chi connectivity index (χ2v) is 9.80. The van der Waals surface area contributed by atoms with Gasteiger partial charge in [0, 0.05) is 36.7 Å². The predicted molar refractivity (Wildman–Crippen MR) is 128 cm³/mol. The van der Waals surface area contributed by atoms with Crippen molar-refractivity contribution in [1.29, 1.82) is 0 Å². The first-order chi connectivity index (χ1) is 16.2. The van der Waals surface area contributed by atoms with E-state index >= 15 is 0 Å². The van der Waals surface area contributed by atoms with E-state index in [-0.39, 0.29) is 30.3 Å². The van der Waals surface area contributed by atoms with E-state index in [1.165, 1.54) is 4.90 Å². The minimum absolute atomic E-state index is 0.0426. The Balaban J connectivity index is 1.45. The number of carbonyl (C=O) groups excluding carboxylic acids is 2. The minimum Gasteiger partial charge on any atom is -0.487 e. The standard InChI is InChI=1S/C26H32FN3O4/c1-26(2)12-20(26)25(33)29-19-5-3-4-16(11-19)17-6-7-22(18(10-17)13-28)34-23-8-9-30(14-21(23)27)24(32)15-31/h3-7,10-11,20-21,23,31H,8-9,12-15,28H2,1-2H3,(H,29,33)/t20-,21-,23+/m1/s1. The summed E-state index contributed by atoms with van der Waals surface area (Å²) in [5.74, 6) is 0.124. The largest absolute Gasteiger partial charge is 0.487 e. The number of nitrogens with zero attached hydrogens (tertiary/aromatic N) is 1. The van der Waals surface area contributed by atoms with E-state index in [1.807, 2.05) is 36.4 Å². The first-order valence-corrected chi connectivity index (χ1v) is 11.7. The van der Waals surface area contributed by atoms with Gasteiger partial charge in [0.25, 0.3) is 0 Å². The Kier molecular flexibility index (Phi) is 6.91. The molecule has 2 aromatic rings. The number of hydrogen-bond donors (Lipinski definition) is 3. The molecule has 1 saturated carbocycles. The van der Waals surface area contributed by atoms with Gasteiger partial charge in [0.1, 0.15) is 18.5 Å². The van der Waals surface area contributed by atoms with Crippen molar-refractivity contribution in [3.8, 4) is 16.9 Å². The van der Waals surface area contributed by atoms with Gasteiger partial charge in [0.05, 0.1) is 6.54 Å². The van der Waals surface area contributed by atoms with Gasteiger partial charge in [0.15, 0.2) is 6.17 Å². The number of anilines is 1. The average Bonchev–Trinajstić information content (AvgIpc) is 3.48. The molecule has 1 heterocycles. The second kappa shape index (κ2) is 9.72. The molecule has 1 saturated heterocycles. The highest BCUT2D eigenvalue weighted by molar-refractivity contribution is 5.95. The maximum absolute atomic E-state index is 14.7. The number of ether oxygens (including phenoxy) is 1. The zero-order valence-corrected chi connectivity index (χ0v) is 19.6. The van der Waals surface area contributed by atoms with E-state index in [2.05, 4.69) is 19.2 Å². The fourth-order valence-electron chi connectivity index (χ4n) is 4.46. The third-order valence-corrected chi connectivity index (χ3v) is 6.82. The van der Waals surface area contributed by atoms with Gasteiger partial charge < -0.3 is 25.8 Å². The molecule has 2 fully saturated rings. The zero-order valence-electron chi connectivity index (χ0n) is 19.6. The summed E-state index contributed by atoms with van der Waals surface area (Å²) in [6, 6.07) is 13.2. The molecule has 1 aliphatic carbocycles. The van der Waals surface area contributed by atoms with Crippen LogP contribution < -0.4 is 15.8 Å². The molecular formula is C26H32FN3O4. The molecule has 1 aliphatic heterocycles. The Morgan fingerprint density at radius 1 is 1.24 bits per heavy atom. The Bertz CT molecular complexity index is 1070. The van der Waals surface area contributed by atoms with Crippen LogP contribution in [0.25, 0.3) is 11.1 Å². The van der Waals surface area contributed by atoms with E-state index in [0.717, 1.165) is 28.8 Å². The number of amides is 2. The smallest absolute Gasteiger partial charge is 0.248 e. The Labute approximate surface area is 199 Å². The fourth-order valence-corrected chi connectivity index (χ4v) is 4.46. The molecule has 0 radical (unpaired) electrons. The maximum atomic E-state index is 14.7. The Morgan fingerprint density at radius 2 is 1.97 bits per heavy atom. The molecule has 2 aliphatic rings. The third kappa shape index (κ3) is 5.23. The van der Waals surface area contributed by atoms with E-state index in [0.29, 0.717) is 18.7 Å². The summed E-state index contributed by atoms with van der Waals surface area (Å²) < 4.78 is 20.6. The van der Waals surface area contributed by atoms with Crippen LogP contribution in [0.2, 0.25) is 0 Å². The lowest BCUT2D eigenvalue weighted by atomic mass is 10.0. The zero-order chi connectivity index (χ0) is 24.5. The fraction of sp³-hybridized carbons (Fsp3) is 0.462. The first kappa shape index (κ1) is 24.2. The van der Waals surface area contributed by atoms with E-state index in [9.17, 15) is 14.0 Å². The van der Waals surface area contributed by atoms with Crippen LogP contribution in [0.4, 0.5) is 10.1 Å². The summed E-state index contributed by atoms with van der Waals surface area (Å²) in [5.41, 5.74) is 9.35. The number of benzene rings is 2. The quantitative estimate of drug-likeness (QED) is 0.578. The van der Waals surface area contributed by atoms with Crippen molar-refractivity contribution in [3.05, 3.63) is 48.0 Å². The van der Waals surface area contributed by atoms with Crippen LogP contribution in [0.15, 0.2) is 42.5 Å². The molecule has 0 bridgehead atoms. The maximum Gasteiger partial charge on any atom is 0.248 e. The van der Waals surface area contributed by atoms with Crippen molar-refractivity contribution < 1.29 is 23.8 Å². The van der Waals surface area contributed by atoms with Crippen molar-refractivity contribution >= 4 is 17.5 Å². The molecule has 0 unspecified atom stereocenters. The number of likely N-dealkylation sites (tertiary alicyclic amines) is 1. The average molecular weight is 470 g/mol. The van der Waals surface area contributed by atoms with Gasteiger partial charge >= 0.3 is 0 Å². The van der Waals surface area contributed by atoms with E-state index < -0.39 is 24.8 Å². The number of nitrogens with one attached hydrogen (secondary N) is 1. The summed E-state index contributed by atoms with van der Waals surface area (Å²) in [5, 5.41) is 12.0. The molecule has 7 nitrogen and oxygen atoms in total. The van der Waals surface area contributed by atoms with E-state index in [1.54, 1.807) is 6.07 Å². The molecule has 3 atom stereocenters.